The van der Waals surface area contributed by atoms with E-state index in [0.717, 1.165) is 6.54 Å². The van der Waals surface area contributed by atoms with Crippen LogP contribution in [0.4, 0.5) is 11.4 Å². The van der Waals surface area contributed by atoms with Crippen LogP contribution in [0.5, 0.6) is 0 Å². The van der Waals surface area contributed by atoms with Crippen molar-refractivity contribution in [2.24, 2.45) is 0 Å². The third-order valence-electron chi connectivity index (χ3n) is 3.58. The highest BCUT2D eigenvalue weighted by Crippen LogP contribution is 2.24. The Labute approximate surface area is 122 Å². The first kappa shape index (κ1) is 14.4. The normalized spacial score (nSPS) is 10.4. The molecule has 0 fully saturated rings. The van der Waals surface area contributed by atoms with Crippen molar-refractivity contribution in [3.05, 3.63) is 48.5 Å². The predicted octanol–water partition coefficient (Wildman–Crippen LogP) is 4.27. The summed E-state index contributed by atoms with van der Waals surface area (Å²) in [7, 11) is 6.27. The van der Waals surface area contributed by atoms with E-state index >= 15 is 0 Å². The molecule has 0 amide bonds. The Hall–Kier alpha value is -1.96. The highest BCUT2D eigenvalue weighted by molar-refractivity contribution is 5.68. The highest BCUT2D eigenvalue weighted by Gasteiger charge is 2.02. The van der Waals surface area contributed by atoms with E-state index in [9.17, 15) is 0 Å². The zero-order chi connectivity index (χ0) is 14.5. The molecule has 2 rings (SSSR count). The number of anilines is 2. The molecule has 0 radical (unpaired) electrons. The van der Waals surface area contributed by atoms with Gasteiger partial charge >= 0.3 is 0 Å². The molecule has 20 heavy (non-hydrogen) atoms. The summed E-state index contributed by atoms with van der Waals surface area (Å²) >= 11 is 0. The second-order valence-electron chi connectivity index (χ2n) is 5.41. The molecule has 0 aliphatic rings. The Balaban J connectivity index is 2.17. The highest BCUT2D eigenvalue weighted by atomic mass is 15.1. The predicted molar refractivity (Wildman–Crippen MR) is 89.8 cm³/mol. The molecule has 0 atom stereocenters. The molecule has 106 valence electrons. The SMILES string of the molecule is CCCN(C)c1ccc(-c2ccc(N(C)C)cc2)cc1. The van der Waals surface area contributed by atoms with Crippen LogP contribution in [0.2, 0.25) is 0 Å². The molecule has 2 nitrogen and oxygen atoms in total. The van der Waals surface area contributed by atoms with Crippen LogP contribution in [0.1, 0.15) is 13.3 Å². The molecule has 0 aliphatic heterocycles. The molecule has 0 aromatic heterocycles. The topological polar surface area (TPSA) is 6.48 Å². The average Bonchev–Trinajstić information content (AvgIpc) is 2.48. The van der Waals surface area contributed by atoms with Crippen LogP contribution in [0.25, 0.3) is 11.1 Å². The van der Waals surface area contributed by atoms with E-state index in [4.69, 9.17) is 0 Å². The van der Waals surface area contributed by atoms with Crippen molar-refractivity contribution in [1.82, 2.24) is 0 Å². The minimum atomic E-state index is 1.09. The van der Waals surface area contributed by atoms with Crippen LogP contribution in [0.15, 0.2) is 48.5 Å². The molecule has 2 aromatic carbocycles. The van der Waals surface area contributed by atoms with Crippen LogP contribution < -0.4 is 9.80 Å². The molecule has 0 aliphatic carbocycles. The van der Waals surface area contributed by atoms with Gasteiger partial charge in [-0.15, -0.1) is 0 Å². The molecule has 0 saturated heterocycles. The molecule has 0 bridgehead atoms. The summed E-state index contributed by atoms with van der Waals surface area (Å²) in [5.74, 6) is 0. The first-order valence-electron chi connectivity index (χ1n) is 7.20. The summed E-state index contributed by atoms with van der Waals surface area (Å²) < 4.78 is 0. The summed E-state index contributed by atoms with van der Waals surface area (Å²) in [5.41, 5.74) is 5.04. The summed E-state index contributed by atoms with van der Waals surface area (Å²) in [5, 5.41) is 0. The summed E-state index contributed by atoms with van der Waals surface area (Å²) in [6.07, 6.45) is 1.17. The van der Waals surface area contributed by atoms with Gasteiger partial charge in [-0.25, -0.2) is 0 Å². The zero-order valence-corrected chi connectivity index (χ0v) is 12.9. The lowest BCUT2D eigenvalue weighted by Gasteiger charge is -2.18. The van der Waals surface area contributed by atoms with Crippen molar-refractivity contribution in [3.63, 3.8) is 0 Å². The van der Waals surface area contributed by atoms with Gasteiger partial charge in [0.2, 0.25) is 0 Å². The fourth-order valence-corrected chi connectivity index (χ4v) is 2.32. The molecule has 0 heterocycles. The Morgan fingerprint density at radius 1 is 0.700 bits per heavy atom. The van der Waals surface area contributed by atoms with Crippen LogP contribution in [0.3, 0.4) is 0 Å². The van der Waals surface area contributed by atoms with Crippen LogP contribution in [0, 0.1) is 0 Å². The molecule has 0 N–H and O–H groups in total. The quantitative estimate of drug-likeness (QED) is 0.799. The maximum atomic E-state index is 2.29. The Morgan fingerprint density at radius 2 is 1.15 bits per heavy atom. The van der Waals surface area contributed by atoms with E-state index in [0.29, 0.717) is 0 Å². The summed E-state index contributed by atoms with van der Waals surface area (Å²) in [6, 6.07) is 17.5. The minimum Gasteiger partial charge on any atom is -0.378 e. The van der Waals surface area contributed by atoms with E-state index in [1.54, 1.807) is 0 Å². The molecule has 0 unspecified atom stereocenters. The van der Waals surface area contributed by atoms with Gasteiger partial charge in [-0.1, -0.05) is 31.2 Å². The Bertz CT molecular complexity index is 526. The Morgan fingerprint density at radius 3 is 1.55 bits per heavy atom. The summed E-state index contributed by atoms with van der Waals surface area (Å²) in [4.78, 5) is 4.41. The maximum Gasteiger partial charge on any atom is 0.0364 e. The molecular formula is C18H24N2. The third kappa shape index (κ3) is 3.32. The van der Waals surface area contributed by atoms with Gasteiger partial charge < -0.3 is 9.80 Å². The van der Waals surface area contributed by atoms with E-state index in [1.165, 1.54) is 28.9 Å². The minimum absolute atomic E-state index is 1.09. The van der Waals surface area contributed by atoms with Gasteiger partial charge in [-0.05, 0) is 41.8 Å². The summed E-state index contributed by atoms with van der Waals surface area (Å²) in [6.45, 7) is 3.30. The van der Waals surface area contributed by atoms with Gasteiger partial charge in [-0.2, -0.15) is 0 Å². The van der Waals surface area contributed by atoms with Crippen molar-refractivity contribution in [3.8, 4) is 11.1 Å². The van der Waals surface area contributed by atoms with Crippen LogP contribution in [-0.4, -0.2) is 27.7 Å². The van der Waals surface area contributed by atoms with Gasteiger partial charge in [0.05, 0.1) is 0 Å². The molecule has 2 heteroatoms. The van der Waals surface area contributed by atoms with Crippen molar-refractivity contribution in [2.75, 3.05) is 37.5 Å². The molecule has 0 spiro atoms. The molecule has 0 saturated carbocycles. The number of benzene rings is 2. The fourth-order valence-electron chi connectivity index (χ4n) is 2.32. The smallest absolute Gasteiger partial charge is 0.0364 e. The van der Waals surface area contributed by atoms with Crippen molar-refractivity contribution >= 4 is 11.4 Å². The van der Waals surface area contributed by atoms with Gasteiger partial charge in [-0.3, -0.25) is 0 Å². The lowest BCUT2D eigenvalue weighted by atomic mass is 10.0. The number of hydrogen-bond acceptors (Lipinski definition) is 2. The van der Waals surface area contributed by atoms with Crippen molar-refractivity contribution < 1.29 is 0 Å². The number of hydrogen-bond donors (Lipinski definition) is 0. The largest absolute Gasteiger partial charge is 0.378 e. The van der Waals surface area contributed by atoms with Crippen molar-refractivity contribution in [2.45, 2.75) is 13.3 Å². The fraction of sp³-hybridized carbons (Fsp3) is 0.333. The second-order valence-corrected chi connectivity index (χ2v) is 5.41. The Kier molecular flexibility index (Phi) is 4.67. The number of rotatable bonds is 5. The zero-order valence-electron chi connectivity index (χ0n) is 12.9. The maximum absolute atomic E-state index is 2.29. The van der Waals surface area contributed by atoms with E-state index < -0.39 is 0 Å². The van der Waals surface area contributed by atoms with E-state index in [1.807, 2.05) is 0 Å². The van der Waals surface area contributed by atoms with Crippen LogP contribution >= 0.6 is 0 Å². The second kappa shape index (κ2) is 6.47. The first-order valence-corrected chi connectivity index (χ1v) is 7.20. The van der Waals surface area contributed by atoms with Crippen molar-refractivity contribution in [1.29, 1.82) is 0 Å². The molecule has 2 aromatic rings. The lowest BCUT2D eigenvalue weighted by Crippen LogP contribution is -2.17. The lowest BCUT2D eigenvalue weighted by molar-refractivity contribution is 0.852. The van der Waals surface area contributed by atoms with Gasteiger partial charge in [0, 0.05) is 39.1 Å². The molecular weight excluding hydrogens is 244 g/mol. The van der Waals surface area contributed by atoms with Crippen LogP contribution in [-0.2, 0) is 0 Å². The van der Waals surface area contributed by atoms with Gasteiger partial charge in [0.15, 0.2) is 0 Å². The van der Waals surface area contributed by atoms with E-state index in [2.05, 4.69) is 86.4 Å². The third-order valence-corrected chi connectivity index (χ3v) is 3.58. The monoisotopic (exact) mass is 268 g/mol. The average molecular weight is 268 g/mol. The first-order chi connectivity index (χ1) is 9.61. The van der Waals surface area contributed by atoms with Gasteiger partial charge in [0.25, 0.3) is 0 Å². The van der Waals surface area contributed by atoms with Gasteiger partial charge in [0.1, 0.15) is 0 Å². The van der Waals surface area contributed by atoms with E-state index in [-0.39, 0.29) is 0 Å². The number of nitrogens with zero attached hydrogens (tertiary/aromatic N) is 2. The standard InChI is InChI=1S/C18H24N2/c1-5-14-20(4)18-12-8-16(9-13-18)15-6-10-17(11-7-15)19(2)3/h6-13H,5,14H2,1-4H3.